The number of halogens is 3. The van der Waals surface area contributed by atoms with Gasteiger partial charge in [0.05, 0.1) is 17.1 Å². The van der Waals surface area contributed by atoms with Gasteiger partial charge >= 0.3 is 0 Å². The zero-order chi connectivity index (χ0) is 17.0. The number of hydrogen-bond acceptors (Lipinski definition) is 3. The molecule has 2 N–H and O–H groups in total. The summed E-state index contributed by atoms with van der Waals surface area (Å²) < 4.78 is 52.4. The Morgan fingerprint density at radius 1 is 1.09 bits per heavy atom. The predicted molar refractivity (Wildman–Crippen MR) is 84.3 cm³/mol. The van der Waals surface area contributed by atoms with Crippen LogP contribution >= 0.6 is 15.9 Å². The first-order chi connectivity index (χ1) is 10.8. The Morgan fingerprint density at radius 3 is 2.43 bits per heavy atom. The molecule has 0 saturated heterocycles. The van der Waals surface area contributed by atoms with Crippen LogP contribution in [0.5, 0.6) is 0 Å². The van der Waals surface area contributed by atoms with E-state index in [2.05, 4.69) is 21.2 Å². The van der Waals surface area contributed by atoms with Crippen molar-refractivity contribution in [2.24, 2.45) is 0 Å². The lowest BCUT2D eigenvalue weighted by Crippen LogP contribution is -2.33. The van der Waals surface area contributed by atoms with Crippen molar-refractivity contribution in [2.75, 3.05) is 11.9 Å². The molecule has 2 aromatic rings. The molecule has 0 radical (unpaired) electrons. The van der Waals surface area contributed by atoms with Gasteiger partial charge in [0.2, 0.25) is 15.9 Å². The summed E-state index contributed by atoms with van der Waals surface area (Å²) in [5.74, 6) is -3.05. The molecule has 23 heavy (non-hydrogen) atoms. The van der Waals surface area contributed by atoms with Crippen LogP contribution in [0.3, 0.4) is 0 Å². The van der Waals surface area contributed by atoms with E-state index in [0.717, 1.165) is 6.07 Å². The van der Waals surface area contributed by atoms with Gasteiger partial charge in [-0.1, -0.05) is 12.1 Å². The molecule has 0 fully saturated rings. The molecular weight excluding hydrogens is 394 g/mol. The van der Waals surface area contributed by atoms with Crippen LogP contribution in [0, 0.1) is 11.6 Å². The third-order valence-electron chi connectivity index (χ3n) is 2.77. The Kier molecular flexibility index (Phi) is 5.45. The average Bonchev–Trinajstić information content (AvgIpc) is 2.50. The van der Waals surface area contributed by atoms with Gasteiger partial charge in [0, 0.05) is 4.47 Å². The smallest absolute Gasteiger partial charge is 0.241 e. The van der Waals surface area contributed by atoms with Crippen molar-refractivity contribution in [1.29, 1.82) is 0 Å². The topological polar surface area (TPSA) is 75.3 Å². The first-order valence-corrected chi connectivity index (χ1v) is 8.56. The van der Waals surface area contributed by atoms with Gasteiger partial charge < -0.3 is 5.32 Å². The second-order valence-corrected chi connectivity index (χ2v) is 7.05. The second-order valence-electron chi connectivity index (χ2n) is 4.43. The number of sulfonamides is 1. The van der Waals surface area contributed by atoms with E-state index in [4.69, 9.17) is 0 Å². The third kappa shape index (κ3) is 4.57. The van der Waals surface area contributed by atoms with Crippen molar-refractivity contribution in [1.82, 2.24) is 4.72 Å². The van der Waals surface area contributed by atoms with E-state index < -0.39 is 39.0 Å². The molecule has 5 nitrogen and oxygen atoms in total. The molecule has 0 heterocycles. The monoisotopic (exact) mass is 404 g/mol. The van der Waals surface area contributed by atoms with Gasteiger partial charge in [-0.25, -0.2) is 21.9 Å². The fourth-order valence-corrected chi connectivity index (χ4v) is 3.02. The molecule has 0 aliphatic rings. The van der Waals surface area contributed by atoms with Crippen molar-refractivity contribution in [3.05, 3.63) is 58.6 Å². The van der Waals surface area contributed by atoms with Gasteiger partial charge in [-0.2, -0.15) is 0 Å². The fraction of sp³-hybridized carbons (Fsp3) is 0.0714. The lowest BCUT2D eigenvalue weighted by molar-refractivity contribution is -0.115. The van der Waals surface area contributed by atoms with E-state index in [0.29, 0.717) is 22.3 Å². The number of carbonyl (C=O) groups is 1. The summed E-state index contributed by atoms with van der Waals surface area (Å²) in [5, 5.41) is 2.51. The number of amides is 1. The fourth-order valence-electron chi connectivity index (χ4n) is 1.64. The third-order valence-corrected chi connectivity index (χ3v) is 4.86. The van der Waals surface area contributed by atoms with Gasteiger partial charge in [0.1, 0.15) is 0 Å². The maximum Gasteiger partial charge on any atom is 0.241 e. The quantitative estimate of drug-likeness (QED) is 0.804. The van der Waals surface area contributed by atoms with E-state index in [9.17, 15) is 22.0 Å². The van der Waals surface area contributed by atoms with E-state index >= 15 is 0 Å². The average molecular weight is 405 g/mol. The Labute approximate surface area is 139 Å². The van der Waals surface area contributed by atoms with Crippen LogP contribution < -0.4 is 10.0 Å². The summed E-state index contributed by atoms with van der Waals surface area (Å²) in [6.45, 7) is -0.553. The number of nitrogens with one attached hydrogen (secondary N) is 2. The van der Waals surface area contributed by atoms with Gasteiger partial charge in [-0.15, -0.1) is 0 Å². The van der Waals surface area contributed by atoms with Crippen LogP contribution in [0.1, 0.15) is 0 Å². The Balaban J connectivity index is 2.03. The van der Waals surface area contributed by atoms with Crippen molar-refractivity contribution < 1.29 is 22.0 Å². The van der Waals surface area contributed by atoms with Gasteiger partial charge in [-0.05, 0) is 46.3 Å². The van der Waals surface area contributed by atoms with Crippen LogP contribution in [0.2, 0.25) is 0 Å². The maximum atomic E-state index is 13.1. The molecule has 0 bridgehead atoms. The first-order valence-electron chi connectivity index (χ1n) is 6.29. The van der Waals surface area contributed by atoms with Crippen LogP contribution in [0.25, 0.3) is 0 Å². The molecule has 0 unspecified atom stereocenters. The standard InChI is InChI=1S/C14H11BrF2N2O3S/c15-10-3-1-2-4-13(10)19-14(20)8-18-23(21,22)9-5-6-11(16)12(17)7-9/h1-7,18H,8H2,(H,19,20). The van der Waals surface area contributed by atoms with E-state index in [1.165, 1.54) is 0 Å². The summed E-state index contributed by atoms with van der Waals surface area (Å²) in [5.41, 5.74) is 0.476. The molecule has 2 aromatic carbocycles. The normalized spacial score (nSPS) is 11.3. The van der Waals surface area contributed by atoms with Crippen LogP contribution in [-0.2, 0) is 14.8 Å². The van der Waals surface area contributed by atoms with Gasteiger partial charge in [0.25, 0.3) is 0 Å². The maximum absolute atomic E-state index is 13.1. The first kappa shape index (κ1) is 17.5. The molecular formula is C14H11BrF2N2O3S. The molecule has 9 heteroatoms. The van der Waals surface area contributed by atoms with Crippen LogP contribution in [0.15, 0.2) is 51.8 Å². The zero-order valence-corrected chi connectivity index (χ0v) is 13.9. The minimum Gasteiger partial charge on any atom is -0.324 e. The molecule has 0 spiro atoms. The Morgan fingerprint density at radius 2 is 1.78 bits per heavy atom. The molecule has 0 atom stereocenters. The number of anilines is 1. The predicted octanol–water partition coefficient (Wildman–Crippen LogP) is 2.64. The van der Waals surface area contributed by atoms with Crippen molar-refractivity contribution in [2.45, 2.75) is 4.90 Å². The lowest BCUT2D eigenvalue weighted by atomic mass is 10.3. The number of hydrogen-bond donors (Lipinski definition) is 2. The molecule has 0 aliphatic carbocycles. The summed E-state index contributed by atoms with van der Waals surface area (Å²) in [6.07, 6.45) is 0. The summed E-state index contributed by atoms with van der Waals surface area (Å²) in [7, 11) is -4.13. The number of carbonyl (C=O) groups excluding carboxylic acids is 1. The minimum atomic E-state index is -4.13. The highest BCUT2D eigenvalue weighted by atomic mass is 79.9. The second kappa shape index (κ2) is 7.16. The zero-order valence-electron chi connectivity index (χ0n) is 11.5. The number of benzene rings is 2. The van der Waals surface area contributed by atoms with Crippen molar-refractivity contribution in [3.8, 4) is 0 Å². The largest absolute Gasteiger partial charge is 0.324 e. The molecule has 0 aliphatic heterocycles. The highest BCUT2D eigenvalue weighted by Crippen LogP contribution is 2.21. The molecule has 0 aromatic heterocycles. The molecule has 1 amide bonds. The summed E-state index contributed by atoms with van der Waals surface area (Å²) >= 11 is 3.24. The van der Waals surface area contributed by atoms with Gasteiger partial charge in [-0.3, -0.25) is 4.79 Å². The SMILES string of the molecule is O=C(CNS(=O)(=O)c1ccc(F)c(F)c1)Nc1ccccc1Br. The molecule has 122 valence electrons. The Bertz CT molecular complexity index is 844. The van der Waals surface area contributed by atoms with E-state index in [1.54, 1.807) is 24.3 Å². The summed E-state index contributed by atoms with van der Waals surface area (Å²) in [4.78, 5) is 11.3. The number of rotatable bonds is 5. The van der Waals surface area contributed by atoms with Crippen LogP contribution in [0.4, 0.5) is 14.5 Å². The molecule has 2 rings (SSSR count). The lowest BCUT2D eigenvalue weighted by Gasteiger charge is -2.09. The van der Waals surface area contributed by atoms with Crippen molar-refractivity contribution >= 4 is 37.5 Å². The van der Waals surface area contributed by atoms with E-state index in [-0.39, 0.29) is 0 Å². The molecule has 0 saturated carbocycles. The highest BCUT2D eigenvalue weighted by Gasteiger charge is 2.17. The van der Waals surface area contributed by atoms with E-state index in [1.807, 2.05) is 4.72 Å². The highest BCUT2D eigenvalue weighted by molar-refractivity contribution is 9.10. The number of para-hydroxylation sites is 1. The summed E-state index contributed by atoms with van der Waals surface area (Å²) in [6, 6.07) is 8.95. The van der Waals surface area contributed by atoms with Crippen molar-refractivity contribution in [3.63, 3.8) is 0 Å². The minimum absolute atomic E-state index is 0.468. The Hall–Kier alpha value is -1.84. The van der Waals surface area contributed by atoms with Crippen LogP contribution in [-0.4, -0.2) is 20.9 Å². The van der Waals surface area contributed by atoms with Gasteiger partial charge in [0.15, 0.2) is 11.6 Å².